The molecule has 96 valence electrons. The number of pyridine rings is 1. The second-order valence-electron chi connectivity index (χ2n) is 4.14. The van der Waals surface area contributed by atoms with Gasteiger partial charge >= 0.3 is 0 Å². The molecule has 1 N–H and O–H groups in total. The molecule has 2 aromatic heterocycles. The SMILES string of the molecule is Cn1c(-c2cc(I)cc(I)c2O)nc2ccncc21. The molecule has 0 radical (unpaired) electrons. The zero-order valence-electron chi connectivity index (χ0n) is 9.93. The van der Waals surface area contributed by atoms with Crippen molar-refractivity contribution < 1.29 is 5.11 Å². The van der Waals surface area contributed by atoms with Gasteiger partial charge in [0, 0.05) is 16.8 Å². The van der Waals surface area contributed by atoms with Crippen molar-refractivity contribution in [1.29, 1.82) is 0 Å². The van der Waals surface area contributed by atoms with Gasteiger partial charge < -0.3 is 9.67 Å². The quantitative estimate of drug-likeness (QED) is 0.546. The first-order chi connectivity index (χ1) is 9.08. The van der Waals surface area contributed by atoms with Crippen LogP contribution in [0.4, 0.5) is 0 Å². The number of phenolic OH excluding ortho intramolecular Hbond substituents is 1. The Bertz CT molecular complexity index is 783. The maximum absolute atomic E-state index is 10.2. The molecule has 0 amide bonds. The van der Waals surface area contributed by atoms with Crippen LogP contribution < -0.4 is 0 Å². The molecule has 0 unspecified atom stereocenters. The zero-order valence-corrected chi connectivity index (χ0v) is 14.2. The lowest BCUT2D eigenvalue weighted by Gasteiger charge is -2.07. The highest BCUT2D eigenvalue weighted by molar-refractivity contribution is 14.1. The van der Waals surface area contributed by atoms with Crippen molar-refractivity contribution in [1.82, 2.24) is 14.5 Å². The van der Waals surface area contributed by atoms with Gasteiger partial charge in [0.15, 0.2) is 0 Å². The molecule has 6 heteroatoms. The molecule has 0 bridgehead atoms. The zero-order chi connectivity index (χ0) is 13.6. The van der Waals surface area contributed by atoms with E-state index in [9.17, 15) is 5.11 Å². The first kappa shape index (κ1) is 13.1. The summed E-state index contributed by atoms with van der Waals surface area (Å²) in [5.41, 5.74) is 2.57. The molecule has 4 nitrogen and oxygen atoms in total. The third kappa shape index (κ3) is 2.20. The monoisotopic (exact) mass is 477 g/mol. The normalized spacial score (nSPS) is 11.1. The van der Waals surface area contributed by atoms with Crippen LogP contribution in [0.25, 0.3) is 22.4 Å². The lowest BCUT2D eigenvalue weighted by molar-refractivity contribution is 0.472. The van der Waals surface area contributed by atoms with Gasteiger partial charge in [0.25, 0.3) is 0 Å². The molecule has 0 aliphatic rings. The highest BCUT2D eigenvalue weighted by Gasteiger charge is 2.15. The average Bonchev–Trinajstić information content (AvgIpc) is 2.72. The van der Waals surface area contributed by atoms with Crippen LogP contribution in [0.15, 0.2) is 30.6 Å². The van der Waals surface area contributed by atoms with Gasteiger partial charge in [-0.25, -0.2) is 4.98 Å². The molecule has 0 fully saturated rings. The smallest absolute Gasteiger partial charge is 0.144 e. The maximum atomic E-state index is 10.2. The van der Waals surface area contributed by atoms with Gasteiger partial charge in [0.2, 0.25) is 0 Å². The third-order valence-electron chi connectivity index (χ3n) is 2.95. The van der Waals surface area contributed by atoms with Crippen molar-refractivity contribution in [3.05, 3.63) is 37.7 Å². The van der Waals surface area contributed by atoms with Gasteiger partial charge in [-0.2, -0.15) is 0 Å². The maximum Gasteiger partial charge on any atom is 0.144 e. The topological polar surface area (TPSA) is 50.9 Å². The summed E-state index contributed by atoms with van der Waals surface area (Å²) in [6.07, 6.45) is 3.50. The number of rotatable bonds is 1. The van der Waals surface area contributed by atoms with Crippen molar-refractivity contribution in [3.63, 3.8) is 0 Å². The fraction of sp³-hybridized carbons (Fsp3) is 0.0769. The minimum absolute atomic E-state index is 0.271. The molecule has 0 aliphatic carbocycles. The summed E-state index contributed by atoms with van der Waals surface area (Å²) < 4.78 is 3.84. The van der Waals surface area contributed by atoms with E-state index in [2.05, 4.69) is 55.1 Å². The van der Waals surface area contributed by atoms with Crippen LogP contribution in [0.1, 0.15) is 0 Å². The van der Waals surface area contributed by atoms with Crippen LogP contribution in [0.3, 0.4) is 0 Å². The highest BCUT2D eigenvalue weighted by Crippen LogP contribution is 2.35. The summed E-state index contributed by atoms with van der Waals surface area (Å²) >= 11 is 4.37. The van der Waals surface area contributed by atoms with Crippen molar-refractivity contribution >= 4 is 56.2 Å². The lowest BCUT2D eigenvalue weighted by Crippen LogP contribution is -1.94. The largest absolute Gasteiger partial charge is 0.506 e. The minimum Gasteiger partial charge on any atom is -0.506 e. The predicted molar refractivity (Wildman–Crippen MR) is 91.0 cm³/mol. The van der Waals surface area contributed by atoms with Crippen molar-refractivity contribution in [2.24, 2.45) is 7.05 Å². The molecular weight excluding hydrogens is 468 g/mol. The number of nitrogens with zero attached hydrogens (tertiary/aromatic N) is 3. The first-order valence-electron chi connectivity index (χ1n) is 5.52. The van der Waals surface area contributed by atoms with Gasteiger partial charge in [-0.1, -0.05) is 0 Å². The van der Waals surface area contributed by atoms with E-state index >= 15 is 0 Å². The van der Waals surface area contributed by atoms with E-state index in [1.807, 2.05) is 29.8 Å². The van der Waals surface area contributed by atoms with Gasteiger partial charge in [-0.15, -0.1) is 0 Å². The standard InChI is InChI=1S/C13H9I2N3O/c1-18-11-6-16-3-2-10(11)17-13(18)8-4-7(14)5-9(15)12(8)19/h2-6,19H,1H3. The molecule has 3 rings (SSSR count). The summed E-state index contributed by atoms with van der Waals surface area (Å²) in [7, 11) is 1.93. The van der Waals surface area contributed by atoms with Gasteiger partial charge in [0.1, 0.15) is 11.6 Å². The van der Waals surface area contributed by atoms with Gasteiger partial charge in [-0.3, -0.25) is 4.98 Å². The Morgan fingerprint density at radius 3 is 2.79 bits per heavy atom. The highest BCUT2D eigenvalue weighted by atomic mass is 127. The van der Waals surface area contributed by atoms with E-state index in [1.54, 1.807) is 12.4 Å². The number of fused-ring (bicyclic) bond motifs is 1. The summed E-state index contributed by atoms with van der Waals surface area (Å²) in [6.45, 7) is 0. The molecule has 3 aromatic rings. The summed E-state index contributed by atoms with van der Waals surface area (Å²) in [5.74, 6) is 1.02. The molecule has 1 aromatic carbocycles. The van der Waals surface area contributed by atoms with E-state index in [0.29, 0.717) is 0 Å². The van der Waals surface area contributed by atoms with E-state index in [4.69, 9.17) is 0 Å². The number of imidazole rings is 1. The van der Waals surface area contributed by atoms with Crippen LogP contribution in [0, 0.1) is 7.14 Å². The molecule has 0 aliphatic heterocycles. The molecule has 0 saturated heterocycles. The second kappa shape index (κ2) is 4.89. The average molecular weight is 477 g/mol. The van der Waals surface area contributed by atoms with Crippen LogP contribution in [-0.2, 0) is 7.05 Å². The molecule has 0 atom stereocenters. The summed E-state index contributed by atoms with van der Waals surface area (Å²) in [5, 5.41) is 10.2. The second-order valence-corrected chi connectivity index (χ2v) is 6.55. The molecular formula is C13H9I2N3O. The van der Waals surface area contributed by atoms with Crippen LogP contribution in [-0.4, -0.2) is 19.6 Å². The number of hydrogen-bond acceptors (Lipinski definition) is 3. The van der Waals surface area contributed by atoms with Crippen molar-refractivity contribution in [2.75, 3.05) is 0 Å². The number of aromatic hydroxyl groups is 1. The molecule has 0 spiro atoms. The number of aryl methyl sites for hydroxylation is 1. The molecule has 19 heavy (non-hydrogen) atoms. The summed E-state index contributed by atoms with van der Waals surface area (Å²) in [4.78, 5) is 8.69. The number of benzene rings is 1. The Morgan fingerprint density at radius 1 is 1.26 bits per heavy atom. The Balaban J connectivity index is 2.33. The van der Waals surface area contributed by atoms with Crippen LogP contribution >= 0.6 is 45.2 Å². The molecule has 0 saturated carbocycles. The van der Waals surface area contributed by atoms with Crippen LogP contribution in [0.5, 0.6) is 5.75 Å². The fourth-order valence-corrected chi connectivity index (χ4v) is 3.86. The summed E-state index contributed by atoms with van der Waals surface area (Å²) in [6, 6.07) is 5.74. The number of phenols is 1. The minimum atomic E-state index is 0.271. The van der Waals surface area contributed by atoms with Gasteiger partial charge in [-0.05, 0) is 63.4 Å². The van der Waals surface area contributed by atoms with Crippen LogP contribution in [0.2, 0.25) is 0 Å². The lowest BCUT2D eigenvalue weighted by atomic mass is 10.2. The van der Waals surface area contributed by atoms with Crippen molar-refractivity contribution in [3.8, 4) is 17.1 Å². The van der Waals surface area contributed by atoms with E-state index < -0.39 is 0 Å². The van der Waals surface area contributed by atoms with E-state index in [0.717, 1.165) is 29.6 Å². The third-order valence-corrected chi connectivity index (χ3v) is 4.40. The number of aromatic nitrogens is 3. The Kier molecular flexibility index (Phi) is 3.37. The number of halogens is 2. The van der Waals surface area contributed by atoms with Crippen molar-refractivity contribution in [2.45, 2.75) is 0 Å². The molecule has 2 heterocycles. The fourth-order valence-electron chi connectivity index (χ4n) is 2.01. The Labute approximate surface area is 137 Å². The van der Waals surface area contributed by atoms with E-state index in [1.165, 1.54) is 0 Å². The Morgan fingerprint density at radius 2 is 2.05 bits per heavy atom. The predicted octanol–water partition coefficient (Wildman–Crippen LogP) is 3.55. The van der Waals surface area contributed by atoms with Gasteiger partial charge in [0.05, 0.1) is 26.4 Å². The number of hydrogen-bond donors (Lipinski definition) is 1. The Hall–Kier alpha value is -0.900. The van der Waals surface area contributed by atoms with E-state index in [-0.39, 0.29) is 5.75 Å². The first-order valence-corrected chi connectivity index (χ1v) is 7.68.